The van der Waals surface area contributed by atoms with Crippen LogP contribution in [0, 0.1) is 0 Å². The highest BCUT2D eigenvalue weighted by Gasteiger charge is 2.25. The fourth-order valence-corrected chi connectivity index (χ4v) is 5.98. The van der Waals surface area contributed by atoms with E-state index in [9.17, 15) is 14.4 Å². The zero-order valence-corrected chi connectivity index (χ0v) is 29.2. The number of nitrogens with zero attached hydrogens (tertiary/aromatic N) is 1. The van der Waals surface area contributed by atoms with Crippen LogP contribution in [0.1, 0.15) is 126 Å². The van der Waals surface area contributed by atoms with Gasteiger partial charge in [0, 0.05) is 24.1 Å². The first kappa shape index (κ1) is 37.4. The Labute approximate surface area is 293 Å². The van der Waals surface area contributed by atoms with Crippen molar-refractivity contribution >= 4 is 29.4 Å². The summed E-state index contributed by atoms with van der Waals surface area (Å²) in [6.07, 6.45) is 25.7. The first-order chi connectivity index (χ1) is 24.0. The van der Waals surface area contributed by atoms with E-state index in [1.54, 1.807) is 48.6 Å². The van der Waals surface area contributed by atoms with E-state index in [2.05, 4.69) is 6.92 Å². The molecule has 6 heteroatoms. The number of amides is 2. The van der Waals surface area contributed by atoms with Crippen molar-refractivity contribution in [2.45, 2.75) is 116 Å². The van der Waals surface area contributed by atoms with Gasteiger partial charge in [0.2, 0.25) is 6.29 Å². The van der Waals surface area contributed by atoms with Crippen molar-refractivity contribution in [3.05, 3.63) is 108 Å². The second-order valence-corrected chi connectivity index (χ2v) is 12.9. The summed E-state index contributed by atoms with van der Waals surface area (Å²) in [6, 6.07) is 23.7. The molecule has 1 aliphatic heterocycles. The van der Waals surface area contributed by atoms with Crippen LogP contribution in [0.3, 0.4) is 0 Å². The van der Waals surface area contributed by atoms with Gasteiger partial charge in [0.1, 0.15) is 11.5 Å². The Morgan fingerprint density at radius 1 is 0.612 bits per heavy atom. The van der Waals surface area contributed by atoms with Crippen LogP contribution in [-0.2, 0) is 9.59 Å². The SMILES string of the molecule is CCCCCCCCCCCCCCCCCC(Oc1ccc(C=CC(=O)c2ccccc2)cc1)Oc1ccc(N2C(=O)C=CC2=O)cc1. The molecule has 0 N–H and O–H groups in total. The van der Waals surface area contributed by atoms with Gasteiger partial charge in [-0.1, -0.05) is 145 Å². The van der Waals surface area contributed by atoms with Gasteiger partial charge >= 0.3 is 0 Å². The fraction of sp³-hybridized carbons (Fsp3) is 0.419. The highest BCUT2D eigenvalue weighted by molar-refractivity contribution is 6.28. The molecule has 0 bridgehead atoms. The number of carbonyl (C=O) groups is 3. The zero-order chi connectivity index (χ0) is 34.5. The van der Waals surface area contributed by atoms with E-state index in [1.165, 1.54) is 95.6 Å². The number of rotatable bonds is 24. The lowest BCUT2D eigenvalue weighted by molar-refractivity contribution is -0.120. The Hall–Kier alpha value is -4.45. The lowest BCUT2D eigenvalue weighted by Gasteiger charge is -2.21. The molecule has 260 valence electrons. The van der Waals surface area contributed by atoms with E-state index >= 15 is 0 Å². The lowest BCUT2D eigenvalue weighted by Crippen LogP contribution is -2.29. The number of ether oxygens (including phenoxy) is 2. The molecule has 0 saturated carbocycles. The molecule has 1 unspecified atom stereocenters. The number of imide groups is 1. The molecular formula is C43H53NO5. The highest BCUT2D eigenvalue weighted by atomic mass is 16.7. The van der Waals surface area contributed by atoms with Gasteiger partial charge in [-0.2, -0.15) is 0 Å². The minimum absolute atomic E-state index is 0.0429. The molecule has 6 nitrogen and oxygen atoms in total. The van der Waals surface area contributed by atoms with Crippen LogP contribution in [0.15, 0.2) is 97.1 Å². The van der Waals surface area contributed by atoms with Crippen molar-refractivity contribution in [2.24, 2.45) is 0 Å². The maximum Gasteiger partial charge on any atom is 0.258 e. The molecule has 1 aliphatic rings. The van der Waals surface area contributed by atoms with Crippen molar-refractivity contribution < 1.29 is 23.9 Å². The Kier molecular flexibility index (Phi) is 16.4. The third-order valence-corrected chi connectivity index (χ3v) is 8.85. The average molecular weight is 664 g/mol. The molecule has 49 heavy (non-hydrogen) atoms. The highest BCUT2D eigenvalue weighted by Crippen LogP contribution is 2.25. The third kappa shape index (κ3) is 13.5. The summed E-state index contributed by atoms with van der Waals surface area (Å²) < 4.78 is 12.6. The molecule has 0 aliphatic carbocycles. The van der Waals surface area contributed by atoms with Crippen molar-refractivity contribution in [3.8, 4) is 11.5 Å². The number of allylic oxidation sites excluding steroid dienone is 1. The van der Waals surface area contributed by atoms with Gasteiger partial charge < -0.3 is 9.47 Å². The quantitative estimate of drug-likeness (QED) is 0.0313. The Bertz CT molecular complexity index is 1460. The molecule has 0 saturated heterocycles. The second kappa shape index (κ2) is 21.5. The maximum absolute atomic E-state index is 12.4. The summed E-state index contributed by atoms with van der Waals surface area (Å²) >= 11 is 0. The largest absolute Gasteiger partial charge is 0.455 e. The van der Waals surface area contributed by atoms with Crippen LogP contribution in [0.25, 0.3) is 6.08 Å². The molecular weight excluding hydrogens is 610 g/mol. The summed E-state index contributed by atoms with van der Waals surface area (Å²) in [5, 5.41) is 0. The molecule has 4 rings (SSSR count). The van der Waals surface area contributed by atoms with E-state index in [1.807, 2.05) is 42.5 Å². The predicted octanol–water partition coefficient (Wildman–Crippen LogP) is 11.1. The molecule has 1 atom stereocenters. The topological polar surface area (TPSA) is 72.9 Å². The van der Waals surface area contributed by atoms with Gasteiger partial charge in [0.25, 0.3) is 11.8 Å². The zero-order valence-electron chi connectivity index (χ0n) is 29.2. The molecule has 0 spiro atoms. The number of hydrogen-bond acceptors (Lipinski definition) is 5. The molecule has 1 heterocycles. The van der Waals surface area contributed by atoms with Crippen molar-refractivity contribution in [1.82, 2.24) is 0 Å². The number of benzene rings is 3. The van der Waals surface area contributed by atoms with E-state index in [-0.39, 0.29) is 17.6 Å². The van der Waals surface area contributed by atoms with Crippen LogP contribution in [0.2, 0.25) is 0 Å². The summed E-state index contributed by atoms with van der Waals surface area (Å²) in [5.74, 6) is 0.527. The normalized spacial score (nSPS) is 13.4. The van der Waals surface area contributed by atoms with Crippen LogP contribution >= 0.6 is 0 Å². The number of anilines is 1. The summed E-state index contributed by atoms with van der Waals surface area (Å²) in [5.41, 5.74) is 2.05. The third-order valence-electron chi connectivity index (χ3n) is 8.85. The molecule has 3 aromatic carbocycles. The van der Waals surface area contributed by atoms with Gasteiger partial charge in [-0.05, 0) is 54.5 Å². The average Bonchev–Trinajstić information content (AvgIpc) is 3.47. The lowest BCUT2D eigenvalue weighted by atomic mass is 10.0. The summed E-state index contributed by atoms with van der Waals surface area (Å²) in [7, 11) is 0. The van der Waals surface area contributed by atoms with Crippen LogP contribution in [0.4, 0.5) is 5.69 Å². The second-order valence-electron chi connectivity index (χ2n) is 12.9. The van der Waals surface area contributed by atoms with Crippen molar-refractivity contribution in [2.75, 3.05) is 4.90 Å². The van der Waals surface area contributed by atoms with Crippen molar-refractivity contribution in [1.29, 1.82) is 0 Å². The minimum Gasteiger partial charge on any atom is -0.455 e. The first-order valence-corrected chi connectivity index (χ1v) is 18.4. The number of hydrogen-bond donors (Lipinski definition) is 0. The summed E-state index contributed by atoms with van der Waals surface area (Å²) in [6.45, 7) is 2.27. The standard InChI is InChI=1S/C43H53NO5/c1-2-3-4-5-6-7-8-9-10-11-12-13-14-15-19-22-43(49-39-30-26-37(27-31-39)44-41(46)33-34-42(44)47)48-38-28-23-35(24-29-38)25-32-40(45)36-20-17-16-18-21-36/h16-18,20-21,23-34,43H,2-15,19,22H2,1H3. The Morgan fingerprint density at radius 3 is 1.59 bits per heavy atom. The minimum atomic E-state index is -0.509. The number of unbranched alkanes of at least 4 members (excludes halogenated alkanes) is 14. The van der Waals surface area contributed by atoms with E-state index in [0.717, 1.165) is 29.7 Å². The van der Waals surface area contributed by atoms with Crippen LogP contribution in [0.5, 0.6) is 11.5 Å². The molecule has 0 aromatic heterocycles. The maximum atomic E-state index is 12.4. The first-order valence-electron chi connectivity index (χ1n) is 18.4. The Morgan fingerprint density at radius 2 is 1.08 bits per heavy atom. The number of ketones is 1. The van der Waals surface area contributed by atoms with Gasteiger partial charge in [0.15, 0.2) is 5.78 Å². The van der Waals surface area contributed by atoms with E-state index in [0.29, 0.717) is 22.7 Å². The smallest absolute Gasteiger partial charge is 0.258 e. The van der Waals surface area contributed by atoms with Crippen molar-refractivity contribution in [3.63, 3.8) is 0 Å². The van der Waals surface area contributed by atoms with Gasteiger partial charge in [-0.15, -0.1) is 0 Å². The van der Waals surface area contributed by atoms with Crippen LogP contribution < -0.4 is 14.4 Å². The Balaban J connectivity index is 1.23. The monoisotopic (exact) mass is 663 g/mol. The number of carbonyl (C=O) groups excluding carboxylic acids is 3. The van der Waals surface area contributed by atoms with Gasteiger partial charge in [-0.25, -0.2) is 4.90 Å². The molecule has 3 aromatic rings. The van der Waals surface area contributed by atoms with Crippen LogP contribution in [-0.4, -0.2) is 23.9 Å². The fourth-order valence-electron chi connectivity index (χ4n) is 5.98. The van der Waals surface area contributed by atoms with Gasteiger partial charge in [-0.3, -0.25) is 14.4 Å². The van der Waals surface area contributed by atoms with Gasteiger partial charge in [0.05, 0.1) is 5.69 Å². The predicted molar refractivity (Wildman–Crippen MR) is 199 cm³/mol. The van der Waals surface area contributed by atoms with E-state index < -0.39 is 6.29 Å². The summed E-state index contributed by atoms with van der Waals surface area (Å²) in [4.78, 5) is 37.7. The molecule has 2 amide bonds. The molecule has 0 radical (unpaired) electrons. The van der Waals surface area contributed by atoms with E-state index in [4.69, 9.17) is 9.47 Å². The molecule has 0 fully saturated rings.